The summed E-state index contributed by atoms with van der Waals surface area (Å²) in [6, 6.07) is 12.1. The van der Waals surface area contributed by atoms with E-state index in [-0.39, 0.29) is 0 Å². The van der Waals surface area contributed by atoms with Gasteiger partial charge in [-0.3, -0.25) is 0 Å². The highest BCUT2D eigenvalue weighted by Crippen LogP contribution is 2.26. The lowest BCUT2D eigenvalue weighted by Crippen LogP contribution is -2.01. The molecule has 0 radical (unpaired) electrons. The van der Waals surface area contributed by atoms with E-state index in [0.717, 1.165) is 25.2 Å². The zero-order valence-corrected chi connectivity index (χ0v) is 13.7. The predicted molar refractivity (Wildman–Crippen MR) is 85.4 cm³/mol. The zero-order valence-electron chi connectivity index (χ0n) is 9.81. The van der Waals surface area contributed by atoms with E-state index in [4.69, 9.17) is 11.6 Å². The Morgan fingerprint density at radius 1 is 1.11 bits per heavy atom. The molecular weight excluding hydrogens is 377 g/mol. The summed E-state index contributed by atoms with van der Waals surface area (Å²) in [5, 5.41) is 4.16. The minimum absolute atomic E-state index is 0.695. The van der Waals surface area contributed by atoms with Crippen molar-refractivity contribution in [2.45, 2.75) is 13.5 Å². The smallest absolute Gasteiger partial charge is 0.0489 e. The third kappa shape index (κ3) is 3.50. The summed E-state index contributed by atoms with van der Waals surface area (Å²) in [6.45, 7) is 2.77. The highest BCUT2D eigenvalue weighted by molar-refractivity contribution is 9.10. The van der Waals surface area contributed by atoms with Crippen molar-refractivity contribution in [2.24, 2.45) is 0 Å². The lowest BCUT2D eigenvalue weighted by molar-refractivity contribution is 1.14. The maximum atomic E-state index is 6.16. The Bertz CT molecular complexity index is 518. The molecule has 1 N–H and O–H groups in total. The molecule has 0 saturated carbocycles. The zero-order chi connectivity index (χ0) is 13.1. The molecule has 0 aliphatic heterocycles. The fourth-order valence-electron chi connectivity index (χ4n) is 1.64. The summed E-state index contributed by atoms with van der Waals surface area (Å²) in [5.74, 6) is 0. The van der Waals surface area contributed by atoms with Gasteiger partial charge in [-0.15, -0.1) is 0 Å². The second kappa shape index (κ2) is 6.09. The van der Waals surface area contributed by atoms with Crippen molar-refractivity contribution in [3.63, 3.8) is 0 Å². The molecule has 94 valence electrons. The molecular formula is C14H12Br2ClN. The number of anilines is 1. The van der Waals surface area contributed by atoms with Gasteiger partial charge in [0.05, 0.1) is 0 Å². The van der Waals surface area contributed by atoms with E-state index in [2.05, 4.69) is 56.2 Å². The number of halogens is 3. The summed E-state index contributed by atoms with van der Waals surface area (Å²) in [5.41, 5.74) is 3.37. The maximum absolute atomic E-state index is 6.16. The van der Waals surface area contributed by atoms with E-state index in [1.165, 1.54) is 5.56 Å². The molecule has 0 amide bonds. The highest BCUT2D eigenvalue weighted by Gasteiger charge is 2.03. The van der Waals surface area contributed by atoms with E-state index in [1.807, 2.05) is 24.3 Å². The third-order valence-electron chi connectivity index (χ3n) is 2.60. The Balaban J connectivity index is 2.16. The summed E-state index contributed by atoms with van der Waals surface area (Å²) in [6.07, 6.45) is 0. The van der Waals surface area contributed by atoms with Gasteiger partial charge in [0.15, 0.2) is 0 Å². The van der Waals surface area contributed by atoms with Gasteiger partial charge in [0, 0.05) is 26.2 Å². The Morgan fingerprint density at radius 2 is 1.89 bits per heavy atom. The van der Waals surface area contributed by atoms with Crippen LogP contribution in [0.15, 0.2) is 45.3 Å². The molecule has 0 heterocycles. The predicted octanol–water partition coefficient (Wildman–Crippen LogP) is 5.79. The van der Waals surface area contributed by atoms with Gasteiger partial charge in [-0.25, -0.2) is 0 Å². The molecule has 4 heteroatoms. The van der Waals surface area contributed by atoms with E-state index >= 15 is 0 Å². The number of rotatable bonds is 3. The van der Waals surface area contributed by atoms with E-state index in [9.17, 15) is 0 Å². The lowest BCUT2D eigenvalue weighted by atomic mass is 10.2. The fraction of sp³-hybridized carbons (Fsp3) is 0.143. The third-order valence-corrected chi connectivity index (χ3v) is 4.15. The molecule has 0 fully saturated rings. The number of aryl methyl sites for hydroxylation is 1. The van der Waals surface area contributed by atoms with Crippen molar-refractivity contribution in [1.82, 2.24) is 0 Å². The van der Waals surface area contributed by atoms with Gasteiger partial charge in [-0.05, 0) is 64.3 Å². The second-order valence-corrected chi connectivity index (χ2v) is 6.25. The molecule has 0 spiro atoms. The average molecular weight is 390 g/mol. The largest absolute Gasteiger partial charge is 0.380 e. The molecule has 0 saturated heterocycles. The van der Waals surface area contributed by atoms with Crippen LogP contribution in [0.1, 0.15) is 11.1 Å². The standard InChI is InChI=1S/C14H12Br2ClN/c1-9-2-4-12(16)14(6-9)18-8-10-7-11(15)3-5-13(10)17/h2-7,18H,8H2,1H3. The SMILES string of the molecule is Cc1ccc(Br)c(NCc2cc(Br)ccc2Cl)c1. The quantitative estimate of drug-likeness (QED) is 0.701. The van der Waals surface area contributed by atoms with Crippen molar-refractivity contribution in [3.8, 4) is 0 Å². The molecule has 1 nitrogen and oxygen atoms in total. The average Bonchev–Trinajstić information content (AvgIpc) is 2.34. The first kappa shape index (κ1) is 13.9. The van der Waals surface area contributed by atoms with Crippen molar-refractivity contribution in [3.05, 3.63) is 61.5 Å². The van der Waals surface area contributed by atoms with Crippen molar-refractivity contribution < 1.29 is 0 Å². The van der Waals surface area contributed by atoms with Crippen molar-refractivity contribution >= 4 is 49.1 Å². The summed E-state index contributed by atoms with van der Waals surface area (Å²) < 4.78 is 2.09. The lowest BCUT2D eigenvalue weighted by Gasteiger charge is -2.11. The summed E-state index contributed by atoms with van der Waals surface area (Å²) in [4.78, 5) is 0. The van der Waals surface area contributed by atoms with Crippen LogP contribution in [0.3, 0.4) is 0 Å². The Labute approximate surface area is 129 Å². The van der Waals surface area contributed by atoms with Gasteiger partial charge in [0.25, 0.3) is 0 Å². The Hall–Kier alpha value is -0.510. The molecule has 0 aliphatic rings. The van der Waals surface area contributed by atoms with Gasteiger partial charge in [-0.2, -0.15) is 0 Å². The summed E-state index contributed by atoms with van der Waals surface area (Å²) >= 11 is 13.1. The Morgan fingerprint density at radius 3 is 2.67 bits per heavy atom. The molecule has 2 aromatic carbocycles. The van der Waals surface area contributed by atoms with Crippen molar-refractivity contribution in [2.75, 3.05) is 5.32 Å². The van der Waals surface area contributed by atoms with Crippen LogP contribution in [0.25, 0.3) is 0 Å². The monoisotopic (exact) mass is 387 g/mol. The maximum Gasteiger partial charge on any atom is 0.0489 e. The Kier molecular flexibility index (Phi) is 4.71. The van der Waals surface area contributed by atoms with Crippen LogP contribution in [-0.2, 0) is 6.54 Å². The second-order valence-electron chi connectivity index (χ2n) is 4.07. The molecule has 0 atom stereocenters. The van der Waals surface area contributed by atoms with Crippen molar-refractivity contribution in [1.29, 1.82) is 0 Å². The normalized spacial score (nSPS) is 10.4. The first-order chi connectivity index (χ1) is 8.56. The minimum atomic E-state index is 0.695. The number of hydrogen-bond donors (Lipinski definition) is 1. The van der Waals surface area contributed by atoms with Gasteiger partial charge >= 0.3 is 0 Å². The van der Waals surface area contributed by atoms with Crippen LogP contribution in [0, 0.1) is 6.92 Å². The van der Waals surface area contributed by atoms with E-state index in [0.29, 0.717) is 6.54 Å². The first-order valence-electron chi connectivity index (χ1n) is 5.50. The molecule has 18 heavy (non-hydrogen) atoms. The van der Waals surface area contributed by atoms with Crippen LogP contribution in [-0.4, -0.2) is 0 Å². The highest BCUT2D eigenvalue weighted by atomic mass is 79.9. The number of benzene rings is 2. The van der Waals surface area contributed by atoms with Crippen LogP contribution in [0.5, 0.6) is 0 Å². The van der Waals surface area contributed by atoms with E-state index < -0.39 is 0 Å². The van der Waals surface area contributed by atoms with Gasteiger partial charge in [0.2, 0.25) is 0 Å². The number of nitrogens with one attached hydrogen (secondary N) is 1. The molecule has 0 aromatic heterocycles. The fourth-order valence-corrected chi connectivity index (χ4v) is 2.62. The van der Waals surface area contributed by atoms with E-state index in [1.54, 1.807) is 0 Å². The molecule has 0 aliphatic carbocycles. The van der Waals surface area contributed by atoms with Gasteiger partial charge in [-0.1, -0.05) is 33.6 Å². The molecule has 2 aromatic rings. The molecule has 0 unspecified atom stereocenters. The van der Waals surface area contributed by atoms with Gasteiger partial charge < -0.3 is 5.32 Å². The summed E-state index contributed by atoms with van der Waals surface area (Å²) in [7, 11) is 0. The van der Waals surface area contributed by atoms with Crippen LogP contribution in [0.2, 0.25) is 5.02 Å². The van der Waals surface area contributed by atoms with Gasteiger partial charge in [0.1, 0.15) is 0 Å². The molecule has 2 rings (SSSR count). The topological polar surface area (TPSA) is 12.0 Å². The number of hydrogen-bond acceptors (Lipinski definition) is 1. The van der Waals surface area contributed by atoms with Crippen LogP contribution >= 0.6 is 43.5 Å². The van der Waals surface area contributed by atoms with Crippen LogP contribution < -0.4 is 5.32 Å². The van der Waals surface area contributed by atoms with Crippen LogP contribution in [0.4, 0.5) is 5.69 Å². The molecule has 0 bridgehead atoms. The minimum Gasteiger partial charge on any atom is -0.380 e. The first-order valence-corrected chi connectivity index (χ1v) is 7.46.